The highest BCUT2D eigenvalue weighted by atomic mass is 15.0. The Bertz CT molecular complexity index is 3890. The van der Waals surface area contributed by atoms with Crippen LogP contribution in [0.1, 0.15) is 0 Å². The van der Waals surface area contributed by atoms with Crippen molar-refractivity contribution in [3.05, 3.63) is 255 Å². The molecule has 0 aliphatic heterocycles. The molecule has 0 aliphatic carbocycles. The van der Waals surface area contributed by atoms with Gasteiger partial charge in [0.05, 0.1) is 22.1 Å². The van der Waals surface area contributed by atoms with Crippen LogP contribution in [0.15, 0.2) is 255 Å². The van der Waals surface area contributed by atoms with Gasteiger partial charge in [0.2, 0.25) is 0 Å². The lowest BCUT2D eigenvalue weighted by molar-refractivity contribution is 1.18. The highest BCUT2D eigenvalue weighted by molar-refractivity contribution is 6.35. The molecule has 2 nitrogen and oxygen atoms in total. The van der Waals surface area contributed by atoms with Gasteiger partial charge in [-0.2, -0.15) is 0 Å². The average Bonchev–Trinajstić information content (AvgIpc) is 3.94. The zero-order chi connectivity index (χ0) is 44.7. The van der Waals surface area contributed by atoms with Gasteiger partial charge in [-0.05, 0) is 125 Å². The van der Waals surface area contributed by atoms with E-state index in [0.717, 1.165) is 22.5 Å². The maximum absolute atomic E-state index is 2.41. The van der Waals surface area contributed by atoms with Crippen LogP contribution >= 0.6 is 0 Å². The lowest BCUT2D eigenvalue weighted by Gasteiger charge is -2.26. The monoisotopic (exact) mass is 862 g/mol. The van der Waals surface area contributed by atoms with Crippen LogP contribution in [-0.2, 0) is 0 Å². The fourth-order valence-corrected chi connectivity index (χ4v) is 11.5. The van der Waals surface area contributed by atoms with Gasteiger partial charge in [-0.15, -0.1) is 0 Å². The molecule has 2 aromatic heterocycles. The smallest absolute Gasteiger partial charge is 0.0541 e. The van der Waals surface area contributed by atoms with Gasteiger partial charge in [0, 0.05) is 32.9 Å². The van der Waals surface area contributed by atoms with Crippen LogP contribution in [0, 0.1) is 0 Å². The molecule has 0 radical (unpaired) electrons. The first kappa shape index (κ1) is 38.3. The van der Waals surface area contributed by atoms with Crippen LogP contribution in [-0.4, -0.2) is 9.13 Å². The third-order valence-electron chi connectivity index (χ3n) is 14.3. The topological polar surface area (TPSA) is 9.86 Å². The summed E-state index contributed by atoms with van der Waals surface area (Å²) in [5.74, 6) is 0. The van der Waals surface area contributed by atoms with Gasteiger partial charge in [0.1, 0.15) is 0 Å². The standard InChI is InChI=1S/C66H42N2/c1-3-19-43(20-4-1)63-61(45-35-39-47(40-36-45)67-57-31-15-11-25-51(57)52-26-12-16-32-58(52)67)62(46-37-41-48(42-38-46)68-59-33-17-13-27-53(59)54-28-14-18-34-60(54)68)64(44-21-5-2-6-22-44)66-56-30-10-8-24-50(56)49-23-7-9-29-55(49)65(63)66/h1-42H. The Morgan fingerprint density at radius 1 is 0.176 bits per heavy atom. The number of benzene rings is 12. The van der Waals surface area contributed by atoms with Crippen molar-refractivity contribution in [2.45, 2.75) is 0 Å². The number of hydrogen-bond donors (Lipinski definition) is 0. The minimum absolute atomic E-state index is 1.13. The van der Waals surface area contributed by atoms with E-state index in [4.69, 9.17) is 0 Å². The lowest BCUT2D eigenvalue weighted by Crippen LogP contribution is -2.00. The van der Waals surface area contributed by atoms with E-state index in [-0.39, 0.29) is 0 Å². The molecule has 0 unspecified atom stereocenters. The van der Waals surface area contributed by atoms with E-state index >= 15 is 0 Å². The van der Waals surface area contributed by atoms with Gasteiger partial charge < -0.3 is 9.13 Å². The van der Waals surface area contributed by atoms with Crippen molar-refractivity contribution in [3.63, 3.8) is 0 Å². The van der Waals surface area contributed by atoms with Gasteiger partial charge in [-0.3, -0.25) is 0 Å². The number of hydrogen-bond acceptors (Lipinski definition) is 0. The summed E-state index contributed by atoms with van der Waals surface area (Å²) >= 11 is 0. The number of fused-ring (bicyclic) bond motifs is 12. The summed E-state index contributed by atoms with van der Waals surface area (Å²) in [6, 6.07) is 94.0. The number of para-hydroxylation sites is 4. The number of nitrogens with zero attached hydrogens (tertiary/aromatic N) is 2. The average molecular weight is 863 g/mol. The number of rotatable bonds is 6. The Kier molecular flexibility index (Phi) is 8.62. The number of aromatic nitrogens is 2. The molecule has 0 bridgehead atoms. The van der Waals surface area contributed by atoms with E-state index in [0.29, 0.717) is 0 Å². The van der Waals surface area contributed by atoms with E-state index in [1.165, 1.54) is 109 Å². The molecule has 0 saturated carbocycles. The Morgan fingerprint density at radius 3 is 0.750 bits per heavy atom. The Morgan fingerprint density at radius 2 is 0.426 bits per heavy atom. The maximum Gasteiger partial charge on any atom is 0.0541 e. The molecule has 0 amide bonds. The maximum atomic E-state index is 2.41. The molecule has 0 fully saturated rings. The van der Waals surface area contributed by atoms with Crippen LogP contribution in [0.4, 0.5) is 0 Å². The summed E-state index contributed by atoms with van der Waals surface area (Å²) in [5.41, 5.74) is 16.6. The Labute approximate surface area is 393 Å². The summed E-state index contributed by atoms with van der Waals surface area (Å²) in [6.45, 7) is 0. The molecule has 0 N–H and O–H groups in total. The molecule has 0 aliphatic rings. The third-order valence-corrected chi connectivity index (χ3v) is 14.3. The molecule has 14 aromatic rings. The second kappa shape index (κ2) is 15.3. The first-order valence-electron chi connectivity index (χ1n) is 23.5. The van der Waals surface area contributed by atoms with Crippen molar-refractivity contribution >= 4 is 75.9 Å². The first-order chi connectivity index (χ1) is 33.8. The van der Waals surface area contributed by atoms with E-state index in [1.807, 2.05) is 0 Å². The molecule has 14 rings (SSSR count). The predicted octanol–water partition coefficient (Wildman–Crippen LogP) is 18.0. The molecular formula is C66H42N2. The second-order valence-electron chi connectivity index (χ2n) is 17.9. The predicted molar refractivity (Wildman–Crippen MR) is 289 cm³/mol. The van der Waals surface area contributed by atoms with Gasteiger partial charge in [0.25, 0.3) is 0 Å². The summed E-state index contributed by atoms with van der Waals surface area (Å²) < 4.78 is 4.83. The van der Waals surface area contributed by atoms with E-state index in [2.05, 4.69) is 264 Å². The summed E-state index contributed by atoms with van der Waals surface area (Å²) in [4.78, 5) is 0. The zero-order valence-corrected chi connectivity index (χ0v) is 37.1. The SMILES string of the molecule is c1ccc(-c2c(-c3ccc(-n4c5ccccc5c5ccccc54)cc3)c(-c3ccc(-n4c5ccccc5c5ccccc54)cc3)c(-c3ccccc3)c3c4ccccc4c4ccccc4c23)cc1. The molecule has 0 saturated heterocycles. The van der Waals surface area contributed by atoms with Gasteiger partial charge in [-0.25, -0.2) is 0 Å². The van der Waals surface area contributed by atoms with Crippen molar-refractivity contribution in [3.8, 4) is 55.9 Å². The van der Waals surface area contributed by atoms with Crippen molar-refractivity contribution in [1.82, 2.24) is 9.13 Å². The van der Waals surface area contributed by atoms with Gasteiger partial charge >= 0.3 is 0 Å². The molecule has 68 heavy (non-hydrogen) atoms. The van der Waals surface area contributed by atoms with Gasteiger partial charge in [-0.1, -0.05) is 206 Å². The molecule has 316 valence electrons. The van der Waals surface area contributed by atoms with Gasteiger partial charge in [0.15, 0.2) is 0 Å². The fourth-order valence-electron chi connectivity index (χ4n) is 11.5. The summed E-state index contributed by atoms with van der Waals surface area (Å²) in [5, 5.41) is 12.5. The van der Waals surface area contributed by atoms with Crippen molar-refractivity contribution in [1.29, 1.82) is 0 Å². The summed E-state index contributed by atoms with van der Waals surface area (Å²) in [6.07, 6.45) is 0. The highest BCUT2D eigenvalue weighted by Gasteiger charge is 2.27. The van der Waals surface area contributed by atoms with Crippen LogP contribution in [0.3, 0.4) is 0 Å². The quantitative estimate of drug-likeness (QED) is 0.147. The van der Waals surface area contributed by atoms with E-state index < -0.39 is 0 Å². The van der Waals surface area contributed by atoms with E-state index in [1.54, 1.807) is 0 Å². The van der Waals surface area contributed by atoms with Crippen LogP contribution in [0.2, 0.25) is 0 Å². The lowest BCUT2D eigenvalue weighted by atomic mass is 9.76. The molecule has 0 spiro atoms. The fraction of sp³-hybridized carbons (Fsp3) is 0. The van der Waals surface area contributed by atoms with Crippen LogP contribution in [0.5, 0.6) is 0 Å². The van der Waals surface area contributed by atoms with E-state index in [9.17, 15) is 0 Å². The zero-order valence-electron chi connectivity index (χ0n) is 37.1. The molecule has 12 aromatic carbocycles. The third kappa shape index (κ3) is 5.71. The second-order valence-corrected chi connectivity index (χ2v) is 17.9. The Balaban J connectivity index is 1.13. The Hall–Kier alpha value is -8.98. The highest BCUT2D eigenvalue weighted by Crippen LogP contribution is 2.55. The summed E-state index contributed by atoms with van der Waals surface area (Å²) in [7, 11) is 0. The molecular weight excluding hydrogens is 821 g/mol. The first-order valence-corrected chi connectivity index (χ1v) is 23.5. The molecule has 2 heteroatoms. The van der Waals surface area contributed by atoms with Crippen LogP contribution < -0.4 is 0 Å². The van der Waals surface area contributed by atoms with Crippen molar-refractivity contribution in [2.24, 2.45) is 0 Å². The van der Waals surface area contributed by atoms with Crippen LogP contribution in [0.25, 0.3) is 132 Å². The minimum Gasteiger partial charge on any atom is -0.309 e. The molecule has 0 atom stereocenters. The largest absolute Gasteiger partial charge is 0.309 e. The minimum atomic E-state index is 1.13. The molecule has 2 heterocycles. The normalized spacial score (nSPS) is 11.8. The van der Waals surface area contributed by atoms with Crippen molar-refractivity contribution < 1.29 is 0 Å². The van der Waals surface area contributed by atoms with Crippen molar-refractivity contribution in [2.75, 3.05) is 0 Å².